The Balaban J connectivity index is 0.00000544. The van der Waals surface area contributed by atoms with E-state index in [1.807, 2.05) is 48.9 Å². The fourth-order valence-electron chi connectivity index (χ4n) is 4.14. The SMILES string of the molecule is CCCCC(CCCC)Oc1ccc(C(=O)c2cc(CCCC(=O)[O-])n(C)c2CC)cc1.[Na+]. The van der Waals surface area contributed by atoms with Gasteiger partial charge in [0.05, 0.1) is 6.10 Å². The molecule has 2 aromatic rings. The normalized spacial score (nSPS) is 10.8. The monoisotopic (exact) mass is 463 g/mol. The van der Waals surface area contributed by atoms with E-state index in [0.717, 1.165) is 62.1 Å². The van der Waals surface area contributed by atoms with Gasteiger partial charge in [-0.1, -0.05) is 46.5 Å². The van der Waals surface area contributed by atoms with Crippen LogP contribution in [-0.4, -0.2) is 22.4 Å². The van der Waals surface area contributed by atoms with Gasteiger partial charge in [0.1, 0.15) is 5.75 Å². The number of carbonyl (C=O) groups is 2. The van der Waals surface area contributed by atoms with Crippen LogP contribution in [0.25, 0.3) is 0 Å². The standard InChI is InChI=1S/C27H39NO4.Na/c1-5-8-12-22(13-9-6-2)32-23-17-15-20(16-18-23)27(31)24-19-21(11-10-14-26(29)30)28(4)25(24)7-3;/h15-19,22H,5-14H2,1-4H3,(H,29,30);/q;+1/p-1. The molecule has 0 saturated heterocycles. The van der Waals surface area contributed by atoms with Crippen molar-refractivity contribution in [3.8, 4) is 5.75 Å². The van der Waals surface area contributed by atoms with E-state index in [1.54, 1.807) is 0 Å². The molecule has 0 saturated carbocycles. The number of carbonyl (C=O) groups excluding carboxylic acids is 2. The average molecular weight is 464 g/mol. The molecule has 0 aliphatic carbocycles. The molecule has 0 radical (unpaired) electrons. The summed E-state index contributed by atoms with van der Waals surface area (Å²) >= 11 is 0. The molecular weight excluding hydrogens is 425 g/mol. The number of unbranched alkanes of at least 4 members (excludes halogenated alkanes) is 2. The second kappa shape index (κ2) is 15.4. The third-order valence-corrected chi connectivity index (χ3v) is 6.03. The van der Waals surface area contributed by atoms with Gasteiger partial charge < -0.3 is 19.2 Å². The van der Waals surface area contributed by atoms with Crippen molar-refractivity contribution >= 4 is 11.8 Å². The molecule has 1 aromatic carbocycles. The molecule has 33 heavy (non-hydrogen) atoms. The minimum Gasteiger partial charge on any atom is -0.550 e. The number of benzene rings is 1. The van der Waals surface area contributed by atoms with Crippen molar-refractivity contribution in [1.29, 1.82) is 0 Å². The van der Waals surface area contributed by atoms with Crippen molar-refractivity contribution in [3.63, 3.8) is 0 Å². The molecular formula is C27H38NNaO4. The Hall–Kier alpha value is -1.56. The molecule has 0 spiro atoms. The number of ether oxygens (including phenoxy) is 1. The van der Waals surface area contributed by atoms with E-state index < -0.39 is 5.97 Å². The van der Waals surface area contributed by atoms with Gasteiger partial charge in [0.15, 0.2) is 5.78 Å². The van der Waals surface area contributed by atoms with Crippen molar-refractivity contribution in [2.24, 2.45) is 7.05 Å². The molecule has 2 rings (SSSR count). The third kappa shape index (κ3) is 8.95. The first-order chi connectivity index (χ1) is 15.4. The summed E-state index contributed by atoms with van der Waals surface area (Å²) in [4.78, 5) is 23.9. The van der Waals surface area contributed by atoms with Crippen LogP contribution in [0, 0.1) is 0 Å². The number of ketones is 1. The number of hydrogen-bond donors (Lipinski definition) is 0. The van der Waals surface area contributed by atoms with Gasteiger partial charge in [0, 0.05) is 35.5 Å². The Morgan fingerprint density at radius 3 is 2.12 bits per heavy atom. The van der Waals surface area contributed by atoms with E-state index in [9.17, 15) is 14.7 Å². The van der Waals surface area contributed by atoms with Gasteiger partial charge in [-0.05, 0) is 68.9 Å². The zero-order chi connectivity index (χ0) is 23.5. The van der Waals surface area contributed by atoms with Crippen LogP contribution >= 0.6 is 0 Å². The van der Waals surface area contributed by atoms with Crippen LogP contribution in [0.15, 0.2) is 30.3 Å². The maximum absolute atomic E-state index is 13.2. The van der Waals surface area contributed by atoms with Crippen LogP contribution in [0.5, 0.6) is 5.75 Å². The van der Waals surface area contributed by atoms with Gasteiger partial charge in [-0.15, -0.1) is 0 Å². The van der Waals surface area contributed by atoms with Crippen LogP contribution in [0.1, 0.15) is 99.4 Å². The van der Waals surface area contributed by atoms with Crippen molar-refractivity contribution < 1.29 is 49.0 Å². The largest absolute Gasteiger partial charge is 1.00 e. The number of carboxylic acids is 1. The van der Waals surface area contributed by atoms with Crippen molar-refractivity contribution in [2.45, 2.75) is 91.1 Å². The summed E-state index contributed by atoms with van der Waals surface area (Å²) in [7, 11) is 1.94. The van der Waals surface area contributed by atoms with Crippen molar-refractivity contribution in [3.05, 3.63) is 52.8 Å². The van der Waals surface area contributed by atoms with Gasteiger partial charge in [-0.25, -0.2) is 0 Å². The van der Waals surface area contributed by atoms with E-state index in [-0.39, 0.29) is 47.9 Å². The quantitative estimate of drug-likeness (QED) is 0.299. The van der Waals surface area contributed by atoms with Crippen LogP contribution in [-0.2, 0) is 24.7 Å². The fourth-order valence-corrected chi connectivity index (χ4v) is 4.14. The van der Waals surface area contributed by atoms with Gasteiger partial charge in [0.25, 0.3) is 0 Å². The third-order valence-electron chi connectivity index (χ3n) is 6.03. The number of aryl methyl sites for hydroxylation is 1. The Kier molecular flexibility index (Phi) is 13.7. The summed E-state index contributed by atoms with van der Waals surface area (Å²) in [5.74, 6) is -0.241. The zero-order valence-electron chi connectivity index (χ0n) is 21.1. The number of aliphatic carboxylic acids is 1. The smallest absolute Gasteiger partial charge is 0.550 e. The van der Waals surface area contributed by atoms with Crippen molar-refractivity contribution in [1.82, 2.24) is 4.57 Å². The van der Waals surface area contributed by atoms with Gasteiger partial charge in [0.2, 0.25) is 0 Å². The van der Waals surface area contributed by atoms with Crippen LogP contribution < -0.4 is 39.4 Å². The molecule has 176 valence electrons. The van der Waals surface area contributed by atoms with E-state index in [4.69, 9.17) is 4.74 Å². The van der Waals surface area contributed by atoms with E-state index in [0.29, 0.717) is 24.0 Å². The molecule has 0 atom stereocenters. The summed E-state index contributed by atoms with van der Waals surface area (Å²) in [6, 6.07) is 9.39. The van der Waals surface area contributed by atoms with Crippen molar-refractivity contribution in [2.75, 3.05) is 0 Å². The summed E-state index contributed by atoms with van der Waals surface area (Å²) in [6.07, 6.45) is 8.83. The molecule has 0 fully saturated rings. The summed E-state index contributed by atoms with van der Waals surface area (Å²) < 4.78 is 8.24. The van der Waals surface area contributed by atoms with Gasteiger partial charge in [-0.2, -0.15) is 0 Å². The van der Waals surface area contributed by atoms with E-state index >= 15 is 0 Å². The molecule has 0 N–H and O–H groups in total. The summed E-state index contributed by atoms with van der Waals surface area (Å²) in [6.45, 7) is 6.42. The number of nitrogens with zero attached hydrogens (tertiary/aromatic N) is 1. The Bertz CT molecular complexity index is 865. The molecule has 0 aliphatic rings. The van der Waals surface area contributed by atoms with Crippen LogP contribution in [0.3, 0.4) is 0 Å². The van der Waals surface area contributed by atoms with E-state index in [2.05, 4.69) is 13.8 Å². The number of carboxylic acid groups (broad SMARTS) is 1. The second-order valence-corrected chi connectivity index (χ2v) is 8.51. The Morgan fingerprint density at radius 2 is 1.61 bits per heavy atom. The van der Waals surface area contributed by atoms with E-state index in [1.165, 1.54) is 0 Å². The Labute approximate surface area is 221 Å². The summed E-state index contributed by atoms with van der Waals surface area (Å²) in [5, 5.41) is 10.7. The minimum absolute atomic E-state index is 0. The summed E-state index contributed by atoms with van der Waals surface area (Å²) in [5.41, 5.74) is 3.27. The van der Waals surface area contributed by atoms with Gasteiger partial charge >= 0.3 is 29.6 Å². The number of hydrogen-bond acceptors (Lipinski definition) is 4. The average Bonchev–Trinajstić information content (AvgIpc) is 3.10. The fraction of sp³-hybridized carbons (Fsp3) is 0.556. The predicted octanol–water partition coefficient (Wildman–Crippen LogP) is 2.02. The maximum Gasteiger partial charge on any atom is 1.00 e. The minimum atomic E-state index is -1.04. The Morgan fingerprint density at radius 1 is 1.00 bits per heavy atom. The molecule has 0 unspecified atom stereocenters. The first-order valence-corrected chi connectivity index (χ1v) is 12.1. The molecule has 0 bridgehead atoms. The molecule has 0 amide bonds. The zero-order valence-corrected chi connectivity index (χ0v) is 23.1. The molecule has 6 heteroatoms. The topological polar surface area (TPSA) is 71.4 Å². The second-order valence-electron chi connectivity index (χ2n) is 8.51. The predicted molar refractivity (Wildman–Crippen MR) is 126 cm³/mol. The number of rotatable bonds is 15. The molecule has 5 nitrogen and oxygen atoms in total. The van der Waals surface area contributed by atoms with Crippen LogP contribution in [0.4, 0.5) is 0 Å². The maximum atomic E-state index is 13.2. The first-order valence-electron chi connectivity index (χ1n) is 12.1. The molecule has 1 aromatic heterocycles. The van der Waals surface area contributed by atoms with Crippen LogP contribution in [0.2, 0.25) is 0 Å². The molecule has 1 heterocycles. The number of aromatic nitrogens is 1. The van der Waals surface area contributed by atoms with Gasteiger partial charge in [-0.3, -0.25) is 4.79 Å². The first kappa shape index (κ1) is 29.5. The molecule has 0 aliphatic heterocycles.